The number of rotatable bonds is 6. The number of methoxy groups -OCH3 is 1. The second-order valence-corrected chi connectivity index (χ2v) is 17.2. The number of ether oxygens (including phenoxy) is 2. The molecule has 4 heterocycles. The number of hydrogen-bond donors (Lipinski definition) is 3. The molecular weight excluding hydrogens is 779 g/mol. The topological polar surface area (TPSA) is 146 Å². The highest BCUT2D eigenvalue weighted by Gasteiger charge is 2.56. The Bertz CT molecular complexity index is 2180. The van der Waals surface area contributed by atoms with E-state index in [1.165, 1.54) is 7.11 Å². The fraction of sp³-hybridized carbons (Fsp3) is 0.500. The van der Waals surface area contributed by atoms with Gasteiger partial charge in [0.1, 0.15) is 23.3 Å². The van der Waals surface area contributed by atoms with E-state index in [9.17, 15) is 14.4 Å². The van der Waals surface area contributed by atoms with Crippen molar-refractivity contribution in [2.45, 2.75) is 96.9 Å². The summed E-state index contributed by atoms with van der Waals surface area (Å²) >= 11 is 0. The third-order valence-electron chi connectivity index (χ3n) is 11.5. The molecule has 0 unspecified atom stereocenters. The molecule has 2 spiro atoms. The third kappa shape index (κ3) is 9.23. The van der Waals surface area contributed by atoms with Gasteiger partial charge in [0.05, 0.1) is 42.1 Å². The normalized spacial score (nSPS) is 20.2. The van der Waals surface area contributed by atoms with E-state index in [1.807, 2.05) is 93.1 Å². The third-order valence-corrected chi connectivity index (χ3v) is 11.5. The van der Waals surface area contributed by atoms with Crippen molar-refractivity contribution >= 4 is 69.6 Å². The molecule has 0 radical (unpaired) electrons. The molecule has 2 aliphatic heterocycles. The average molecular weight is 834 g/mol. The molecule has 4 aromatic rings. The molecule has 3 N–H and O–H groups in total. The maximum atomic E-state index is 13.8. The molecule has 12 nitrogen and oxygen atoms in total. The first-order valence-corrected chi connectivity index (χ1v) is 19.0. The summed E-state index contributed by atoms with van der Waals surface area (Å²) in [6.07, 6.45) is 7.11. The van der Waals surface area contributed by atoms with Crippen LogP contribution in [0, 0.1) is 28.6 Å². The van der Waals surface area contributed by atoms with E-state index in [-0.39, 0.29) is 81.3 Å². The van der Waals surface area contributed by atoms with Gasteiger partial charge in [-0.2, -0.15) is 40.5 Å². The lowest BCUT2D eigenvalue weighted by Crippen LogP contribution is -2.51. The quantitative estimate of drug-likeness (QED) is 0.170. The van der Waals surface area contributed by atoms with Gasteiger partial charge in [-0.3, -0.25) is 9.69 Å². The summed E-state index contributed by atoms with van der Waals surface area (Å²) in [6, 6.07) is 13.0. The van der Waals surface area contributed by atoms with Gasteiger partial charge in [-0.25, -0.2) is 19.6 Å². The smallest absolute Gasteiger partial charge is 0.410 e. The number of H-pyrrole nitrogens is 2. The first kappa shape index (κ1) is 43.9. The fourth-order valence-corrected chi connectivity index (χ4v) is 8.10. The second kappa shape index (κ2) is 16.5. The SMILES string of the molecule is COC(=O)N[C@H](C(=O)N1CC2(CC2)C[C@H]1c1ncc(-c2ccc(C#Cc3ccc4nc([C@@H]5CC6(CC6)CN5C(=O)OC(C)(C)C)[nH]c4c3)cc2)[nH]1)C(C)C.S.S.S. The number of carbonyl (C=O) groups is 3. The van der Waals surface area contributed by atoms with Crippen molar-refractivity contribution < 1.29 is 23.9 Å². The number of imidazole rings is 2. The Labute approximate surface area is 355 Å². The van der Waals surface area contributed by atoms with Crippen molar-refractivity contribution in [2.75, 3.05) is 20.2 Å². The first-order chi connectivity index (χ1) is 25.7. The van der Waals surface area contributed by atoms with Crippen molar-refractivity contribution in [2.24, 2.45) is 16.7 Å². The lowest BCUT2D eigenvalue weighted by Gasteiger charge is -2.30. The summed E-state index contributed by atoms with van der Waals surface area (Å²) < 4.78 is 10.6. The van der Waals surface area contributed by atoms with Crippen molar-refractivity contribution in [1.82, 2.24) is 35.1 Å². The molecule has 306 valence electrons. The van der Waals surface area contributed by atoms with E-state index in [1.54, 1.807) is 0 Å². The number of amides is 3. The number of nitrogens with one attached hydrogen (secondary N) is 3. The molecule has 8 rings (SSSR count). The van der Waals surface area contributed by atoms with Crippen molar-refractivity contribution in [1.29, 1.82) is 0 Å². The van der Waals surface area contributed by atoms with Crippen LogP contribution in [0.15, 0.2) is 48.7 Å². The number of aromatic amines is 2. The number of hydrogen-bond acceptors (Lipinski definition) is 7. The van der Waals surface area contributed by atoms with E-state index in [4.69, 9.17) is 19.4 Å². The summed E-state index contributed by atoms with van der Waals surface area (Å²) in [5.41, 5.74) is 5.05. The Hall–Kier alpha value is -4.26. The molecule has 4 fully saturated rings. The van der Waals surface area contributed by atoms with Gasteiger partial charge in [-0.05, 0) is 112 Å². The van der Waals surface area contributed by atoms with E-state index in [0.717, 1.165) is 83.6 Å². The maximum Gasteiger partial charge on any atom is 0.410 e. The van der Waals surface area contributed by atoms with Crippen LogP contribution >= 0.6 is 40.5 Å². The van der Waals surface area contributed by atoms with Crippen molar-refractivity contribution in [3.8, 4) is 23.1 Å². The Balaban J connectivity index is 0.00000207. The number of carbonyl (C=O) groups excluding carboxylic acids is 3. The number of likely N-dealkylation sites (tertiary alicyclic amines) is 2. The number of benzene rings is 2. The van der Waals surface area contributed by atoms with Gasteiger partial charge in [0.2, 0.25) is 5.91 Å². The molecule has 3 amide bonds. The molecular formula is C42H55N7O5S3. The minimum atomic E-state index is -0.681. The van der Waals surface area contributed by atoms with Crippen LogP contribution in [-0.4, -0.2) is 79.7 Å². The summed E-state index contributed by atoms with van der Waals surface area (Å²) in [5, 5.41) is 2.74. The molecule has 2 aromatic heterocycles. The van der Waals surface area contributed by atoms with Crippen molar-refractivity contribution in [3.63, 3.8) is 0 Å². The largest absolute Gasteiger partial charge is 0.453 e. The van der Waals surface area contributed by atoms with E-state index >= 15 is 0 Å². The molecule has 0 bridgehead atoms. The Morgan fingerprint density at radius 1 is 0.860 bits per heavy atom. The minimum Gasteiger partial charge on any atom is -0.453 e. The first-order valence-electron chi connectivity index (χ1n) is 19.0. The van der Waals surface area contributed by atoms with Crippen LogP contribution < -0.4 is 5.32 Å². The highest BCUT2D eigenvalue weighted by atomic mass is 32.1. The molecule has 2 aromatic carbocycles. The molecule has 4 aliphatic rings. The lowest BCUT2D eigenvalue weighted by molar-refractivity contribution is -0.135. The predicted octanol–water partition coefficient (Wildman–Crippen LogP) is 7.59. The second-order valence-electron chi connectivity index (χ2n) is 17.2. The molecule has 2 aliphatic carbocycles. The number of fused-ring (bicyclic) bond motifs is 1. The molecule has 2 saturated carbocycles. The van der Waals surface area contributed by atoms with Crippen LogP contribution in [0.5, 0.6) is 0 Å². The predicted molar refractivity (Wildman–Crippen MR) is 234 cm³/mol. The standard InChI is InChI=1S/C42H49N7O5.3H2S/c1-25(2)34(47-38(51)53-6)37(50)48-23-41(15-16-41)20-32(48)35-43-22-31(46-35)28-12-9-26(10-13-28)7-8-27-11-14-29-30(19-27)45-36(44-29)33-21-42(17-18-42)24-49(33)39(52)54-40(3,4)5;;;/h9-14,19,22,25,32-34H,15-18,20-21,23-24H2,1-6H3,(H,43,46)(H,44,45)(H,47,51);3*1H2/t32-,33-,34-;;;/m0.../s1. The van der Waals surface area contributed by atoms with Crippen LogP contribution in [0.3, 0.4) is 0 Å². The summed E-state index contributed by atoms with van der Waals surface area (Å²) in [6.45, 7) is 10.9. The lowest BCUT2D eigenvalue weighted by atomic mass is 10.0. The Morgan fingerprint density at radius 2 is 1.46 bits per heavy atom. The van der Waals surface area contributed by atoms with Crippen LogP contribution in [0.25, 0.3) is 22.3 Å². The highest BCUT2D eigenvalue weighted by molar-refractivity contribution is 7.59. The van der Waals surface area contributed by atoms with Crippen molar-refractivity contribution in [3.05, 3.63) is 71.4 Å². The van der Waals surface area contributed by atoms with Gasteiger partial charge in [-0.15, -0.1) is 0 Å². The minimum absolute atomic E-state index is 0. The Kier molecular flexibility index (Phi) is 12.7. The maximum absolute atomic E-state index is 13.8. The molecule has 2 saturated heterocycles. The van der Waals surface area contributed by atoms with E-state index in [0.29, 0.717) is 13.1 Å². The average Bonchev–Trinajstić information content (AvgIpc) is 3.74. The Morgan fingerprint density at radius 3 is 2.05 bits per heavy atom. The van der Waals surface area contributed by atoms with Gasteiger partial charge < -0.3 is 29.7 Å². The summed E-state index contributed by atoms with van der Waals surface area (Å²) in [4.78, 5) is 59.4. The summed E-state index contributed by atoms with van der Waals surface area (Å²) in [7, 11) is 1.30. The fourth-order valence-electron chi connectivity index (χ4n) is 8.10. The monoisotopic (exact) mass is 833 g/mol. The van der Waals surface area contributed by atoms with Gasteiger partial charge in [0.15, 0.2) is 0 Å². The molecule has 57 heavy (non-hydrogen) atoms. The van der Waals surface area contributed by atoms with Crippen LogP contribution in [0.4, 0.5) is 9.59 Å². The van der Waals surface area contributed by atoms with Crippen LogP contribution in [0.1, 0.15) is 108 Å². The number of alkyl carbamates (subject to hydrolysis) is 1. The number of nitrogens with zero attached hydrogens (tertiary/aromatic N) is 4. The van der Waals surface area contributed by atoms with E-state index in [2.05, 4.69) is 27.1 Å². The van der Waals surface area contributed by atoms with Gasteiger partial charge in [0, 0.05) is 24.2 Å². The zero-order valence-electron chi connectivity index (χ0n) is 33.4. The van der Waals surface area contributed by atoms with Gasteiger partial charge in [-0.1, -0.05) is 37.8 Å². The van der Waals surface area contributed by atoms with Gasteiger partial charge >= 0.3 is 12.2 Å². The number of aromatic nitrogens is 4. The van der Waals surface area contributed by atoms with E-state index < -0.39 is 17.7 Å². The van der Waals surface area contributed by atoms with Gasteiger partial charge in [0.25, 0.3) is 0 Å². The van der Waals surface area contributed by atoms with Crippen LogP contribution in [-0.2, 0) is 14.3 Å². The zero-order chi connectivity index (χ0) is 38.0. The van der Waals surface area contributed by atoms with Crippen LogP contribution in [0.2, 0.25) is 0 Å². The molecule has 3 atom stereocenters. The summed E-state index contributed by atoms with van der Waals surface area (Å²) in [5.74, 6) is 7.92. The molecule has 15 heteroatoms. The highest BCUT2D eigenvalue weighted by Crippen LogP contribution is 2.59. The zero-order valence-corrected chi connectivity index (χ0v) is 36.4.